The maximum absolute atomic E-state index is 12.2. The predicted octanol–water partition coefficient (Wildman–Crippen LogP) is -0.738. The van der Waals surface area contributed by atoms with Gasteiger partial charge in [-0.15, -0.1) is 0 Å². The van der Waals surface area contributed by atoms with Crippen molar-refractivity contribution in [1.29, 1.82) is 0 Å². The van der Waals surface area contributed by atoms with Crippen LogP contribution in [0.15, 0.2) is 24.3 Å². The molecule has 0 unspecified atom stereocenters. The Bertz CT molecular complexity index is 576. The van der Waals surface area contributed by atoms with Crippen LogP contribution >= 0.6 is 0 Å². The van der Waals surface area contributed by atoms with Gasteiger partial charge in [-0.2, -0.15) is 0 Å². The fourth-order valence-corrected chi connectivity index (χ4v) is 2.65. The summed E-state index contributed by atoms with van der Waals surface area (Å²) in [5.41, 5.74) is 0.727. The molecule has 116 valence electrons. The van der Waals surface area contributed by atoms with Crippen molar-refractivity contribution in [3.05, 3.63) is 35.4 Å². The summed E-state index contributed by atoms with van der Waals surface area (Å²) in [6.45, 7) is 3.73. The highest BCUT2D eigenvalue weighted by Crippen LogP contribution is 2.21. The molecule has 3 rings (SSSR count). The van der Waals surface area contributed by atoms with E-state index < -0.39 is 11.8 Å². The molecule has 2 aliphatic heterocycles. The summed E-state index contributed by atoms with van der Waals surface area (Å²) < 4.78 is 0. The zero-order chi connectivity index (χ0) is 15.5. The summed E-state index contributed by atoms with van der Waals surface area (Å²) >= 11 is 0. The first-order valence-corrected chi connectivity index (χ1v) is 7.32. The summed E-state index contributed by atoms with van der Waals surface area (Å²) in [6.07, 6.45) is 0. The van der Waals surface area contributed by atoms with Gasteiger partial charge in [0.25, 0.3) is 11.8 Å². The van der Waals surface area contributed by atoms with Crippen molar-refractivity contribution in [2.24, 2.45) is 0 Å². The standard InChI is InChI=1S/C15H18N4O3/c20-13(17-10-18-7-5-16-6-8-18)9-19-14(21)11-3-1-2-4-12(11)15(19)22/h1-4,16H,5-10H2,(H,17,20). The molecule has 0 radical (unpaired) electrons. The first-order valence-electron chi connectivity index (χ1n) is 7.32. The van der Waals surface area contributed by atoms with Gasteiger partial charge in [0, 0.05) is 26.2 Å². The lowest BCUT2D eigenvalue weighted by Crippen LogP contribution is -2.49. The molecule has 7 heteroatoms. The van der Waals surface area contributed by atoms with Gasteiger partial charge < -0.3 is 10.6 Å². The Morgan fingerprint density at radius 2 is 1.68 bits per heavy atom. The lowest BCUT2D eigenvalue weighted by molar-refractivity contribution is -0.122. The molecule has 0 aromatic heterocycles. The molecule has 3 amide bonds. The molecule has 2 N–H and O–H groups in total. The van der Waals surface area contributed by atoms with E-state index in [0.29, 0.717) is 17.8 Å². The summed E-state index contributed by atoms with van der Waals surface area (Å²) in [5, 5.41) is 5.99. The van der Waals surface area contributed by atoms with Gasteiger partial charge in [-0.05, 0) is 12.1 Å². The van der Waals surface area contributed by atoms with Crippen molar-refractivity contribution in [1.82, 2.24) is 20.4 Å². The van der Waals surface area contributed by atoms with Crippen LogP contribution in [0.4, 0.5) is 0 Å². The van der Waals surface area contributed by atoms with Crippen molar-refractivity contribution < 1.29 is 14.4 Å². The van der Waals surface area contributed by atoms with E-state index in [0.717, 1.165) is 31.1 Å². The van der Waals surface area contributed by atoms with Crippen LogP contribution in [0, 0.1) is 0 Å². The Balaban J connectivity index is 1.56. The zero-order valence-corrected chi connectivity index (χ0v) is 12.2. The number of hydrogen-bond donors (Lipinski definition) is 2. The third kappa shape index (κ3) is 2.86. The number of fused-ring (bicyclic) bond motifs is 1. The minimum absolute atomic E-state index is 0.238. The normalized spacial score (nSPS) is 18.5. The number of carbonyl (C=O) groups is 3. The SMILES string of the molecule is O=C(CN1C(=O)c2ccccc2C1=O)NCN1CCNCC1. The van der Waals surface area contributed by atoms with Gasteiger partial charge in [0.05, 0.1) is 17.8 Å². The van der Waals surface area contributed by atoms with E-state index in [1.807, 2.05) is 0 Å². The van der Waals surface area contributed by atoms with Crippen LogP contribution in [0.25, 0.3) is 0 Å². The van der Waals surface area contributed by atoms with Gasteiger partial charge in [-0.25, -0.2) is 0 Å². The first kappa shape index (κ1) is 14.7. The predicted molar refractivity (Wildman–Crippen MR) is 79.3 cm³/mol. The van der Waals surface area contributed by atoms with Crippen LogP contribution in [-0.2, 0) is 4.79 Å². The molecular weight excluding hydrogens is 284 g/mol. The van der Waals surface area contributed by atoms with Crippen LogP contribution in [0.1, 0.15) is 20.7 Å². The average Bonchev–Trinajstić information content (AvgIpc) is 2.79. The van der Waals surface area contributed by atoms with Crippen LogP contribution in [-0.4, -0.2) is 66.9 Å². The van der Waals surface area contributed by atoms with E-state index in [4.69, 9.17) is 0 Å². The molecule has 1 aromatic carbocycles. The van der Waals surface area contributed by atoms with Crippen molar-refractivity contribution in [2.75, 3.05) is 39.4 Å². The summed E-state index contributed by atoms with van der Waals surface area (Å²) in [5.74, 6) is -1.14. The van der Waals surface area contributed by atoms with Crippen molar-refractivity contribution in [2.45, 2.75) is 0 Å². The number of hydrogen-bond acceptors (Lipinski definition) is 5. The minimum Gasteiger partial charge on any atom is -0.342 e. The van der Waals surface area contributed by atoms with Gasteiger partial charge >= 0.3 is 0 Å². The van der Waals surface area contributed by atoms with Gasteiger partial charge in [-0.3, -0.25) is 24.2 Å². The Hall–Kier alpha value is -2.25. The van der Waals surface area contributed by atoms with Crippen LogP contribution in [0.3, 0.4) is 0 Å². The summed E-state index contributed by atoms with van der Waals surface area (Å²) in [7, 11) is 0. The highest BCUT2D eigenvalue weighted by molar-refractivity contribution is 6.22. The molecule has 1 saturated heterocycles. The van der Waals surface area contributed by atoms with Crippen molar-refractivity contribution in [3.8, 4) is 0 Å². The number of carbonyl (C=O) groups excluding carboxylic acids is 3. The zero-order valence-electron chi connectivity index (χ0n) is 12.2. The number of rotatable bonds is 4. The smallest absolute Gasteiger partial charge is 0.262 e. The molecular formula is C15H18N4O3. The Labute approximate surface area is 128 Å². The number of nitrogens with zero attached hydrogens (tertiary/aromatic N) is 2. The van der Waals surface area contributed by atoms with Gasteiger partial charge in [-0.1, -0.05) is 12.1 Å². The number of imide groups is 1. The highest BCUT2D eigenvalue weighted by Gasteiger charge is 2.36. The second-order valence-corrected chi connectivity index (χ2v) is 5.37. The third-order valence-electron chi connectivity index (χ3n) is 3.89. The number of amides is 3. The van der Waals surface area contributed by atoms with Crippen molar-refractivity contribution >= 4 is 17.7 Å². The van der Waals surface area contributed by atoms with E-state index >= 15 is 0 Å². The molecule has 0 spiro atoms. The van der Waals surface area contributed by atoms with Crippen molar-refractivity contribution in [3.63, 3.8) is 0 Å². The van der Waals surface area contributed by atoms with Gasteiger partial charge in [0.2, 0.25) is 5.91 Å². The molecule has 0 atom stereocenters. The Morgan fingerprint density at radius 1 is 1.09 bits per heavy atom. The average molecular weight is 302 g/mol. The van der Waals surface area contributed by atoms with Gasteiger partial charge in [0.1, 0.15) is 6.54 Å². The molecule has 2 aliphatic rings. The van der Waals surface area contributed by atoms with E-state index in [1.54, 1.807) is 24.3 Å². The van der Waals surface area contributed by atoms with E-state index in [1.165, 1.54) is 0 Å². The van der Waals surface area contributed by atoms with E-state index in [-0.39, 0.29) is 12.5 Å². The quantitative estimate of drug-likeness (QED) is 0.716. The second-order valence-electron chi connectivity index (χ2n) is 5.37. The monoisotopic (exact) mass is 302 g/mol. The summed E-state index contributed by atoms with van der Waals surface area (Å²) in [4.78, 5) is 39.4. The topological polar surface area (TPSA) is 81.8 Å². The fourth-order valence-electron chi connectivity index (χ4n) is 2.65. The minimum atomic E-state index is -0.405. The number of nitrogens with one attached hydrogen (secondary N) is 2. The van der Waals surface area contributed by atoms with Crippen LogP contribution < -0.4 is 10.6 Å². The third-order valence-corrected chi connectivity index (χ3v) is 3.89. The molecule has 22 heavy (non-hydrogen) atoms. The second kappa shape index (κ2) is 6.25. The molecule has 0 bridgehead atoms. The molecule has 1 fully saturated rings. The lowest BCUT2D eigenvalue weighted by atomic mass is 10.1. The van der Waals surface area contributed by atoms with Crippen LogP contribution in [0.5, 0.6) is 0 Å². The molecule has 1 aromatic rings. The largest absolute Gasteiger partial charge is 0.342 e. The van der Waals surface area contributed by atoms with Gasteiger partial charge in [0.15, 0.2) is 0 Å². The Kier molecular flexibility index (Phi) is 4.17. The summed E-state index contributed by atoms with van der Waals surface area (Å²) in [6, 6.07) is 6.62. The fraction of sp³-hybridized carbons (Fsp3) is 0.400. The lowest BCUT2D eigenvalue weighted by Gasteiger charge is -2.27. The molecule has 0 saturated carbocycles. The van der Waals surface area contributed by atoms with Crippen LogP contribution in [0.2, 0.25) is 0 Å². The van der Waals surface area contributed by atoms with E-state index in [2.05, 4.69) is 15.5 Å². The first-order chi connectivity index (χ1) is 10.7. The van der Waals surface area contributed by atoms with E-state index in [9.17, 15) is 14.4 Å². The number of piperazine rings is 1. The highest BCUT2D eigenvalue weighted by atomic mass is 16.2. The maximum atomic E-state index is 12.2. The number of benzene rings is 1. The Morgan fingerprint density at radius 3 is 2.27 bits per heavy atom. The molecule has 7 nitrogen and oxygen atoms in total. The molecule has 0 aliphatic carbocycles. The maximum Gasteiger partial charge on any atom is 0.262 e. The molecule has 2 heterocycles.